The van der Waals surface area contributed by atoms with Crippen LogP contribution in [0.2, 0.25) is 0 Å². The molecule has 0 amide bonds. The van der Waals surface area contributed by atoms with E-state index >= 15 is 0 Å². The number of aromatic carboxylic acids is 1. The van der Waals surface area contributed by atoms with E-state index in [2.05, 4.69) is 0 Å². The van der Waals surface area contributed by atoms with Gasteiger partial charge in [-0.15, -0.1) is 0 Å². The molecule has 18 heavy (non-hydrogen) atoms. The number of hydrogen-bond donors (Lipinski definition) is 1. The van der Waals surface area contributed by atoms with Gasteiger partial charge in [-0.05, 0) is 5.56 Å². The average molecular weight is 236 g/mol. The lowest BCUT2D eigenvalue weighted by molar-refractivity contribution is 0.0687. The maximum Gasteiger partial charge on any atom is 0.353 e. The van der Waals surface area contributed by atoms with E-state index in [0.717, 1.165) is 0 Å². The molecule has 5 heteroatoms. The van der Waals surface area contributed by atoms with Gasteiger partial charge < -0.3 is 9.67 Å². The molecule has 1 aromatic heterocycles. The Kier molecular flexibility index (Phi) is 2.94. The second-order valence-corrected chi connectivity index (χ2v) is 3.92. The van der Waals surface area contributed by atoms with Gasteiger partial charge in [-0.2, -0.15) is 5.26 Å². The molecule has 0 saturated heterocycles. The van der Waals surface area contributed by atoms with Crippen LogP contribution >= 0.6 is 0 Å². The zero-order chi connectivity index (χ0) is 13.3. The largest absolute Gasteiger partial charge is 0.477 e. The van der Waals surface area contributed by atoms with Gasteiger partial charge in [-0.3, -0.25) is 0 Å². The van der Waals surface area contributed by atoms with Gasteiger partial charge in [0.25, 0.3) is 0 Å². The molecule has 2 aromatic rings. The Balaban J connectivity index is 2.73. The van der Waals surface area contributed by atoms with Crippen molar-refractivity contribution in [3.63, 3.8) is 0 Å². The number of hydrogen-bond acceptors (Lipinski definition) is 2. The zero-order valence-electron chi connectivity index (χ0n) is 9.71. The first-order chi connectivity index (χ1) is 8.54. The van der Waals surface area contributed by atoms with E-state index in [9.17, 15) is 9.90 Å². The van der Waals surface area contributed by atoms with Crippen LogP contribution in [0.15, 0.2) is 30.5 Å². The summed E-state index contributed by atoms with van der Waals surface area (Å²) in [6, 6.07) is 8.77. The summed E-state index contributed by atoms with van der Waals surface area (Å²) in [4.78, 5) is 11.3. The van der Waals surface area contributed by atoms with Crippen molar-refractivity contribution >= 4 is 19.3 Å². The molecule has 1 aromatic carbocycles. The van der Waals surface area contributed by atoms with Gasteiger partial charge in [-0.25, -0.2) is 4.79 Å². The smallest absolute Gasteiger partial charge is 0.353 e. The SMILES string of the molecule is [B]c1ccc(-c2c(C#N)cn(C)c2C(=O)O)cc1. The first-order valence-electron chi connectivity index (χ1n) is 5.23. The molecule has 86 valence electrons. The Morgan fingerprint density at radius 1 is 1.39 bits per heavy atom. The standard InChI is InChI=1S/C13H9BN2O2/c1-16-7-9(6-15)11(12(16)13(17)18)8-2-4-10(14)5-3-8/h2-5,7H,1H3,(H,17,18). The fourth-order valence-electron chi connectivity index (χ4n) is 1.91. The fraction of sp³-hybridized carbons (Fsp3) is 0.0769. The number of nitrogens with zero attached hydrogens (tertiary/aromatic N) is 2. The summed E-state index contributed by atoms with van der Waals surface area (Å²) in [6.07, 6.45) is 1.51. The fourth-order valence-corrected chi connectivity index (χ4v) is 1.91. The van der Waals surface area contributed by atoms with Crippen molar-refractivity contribution in [3.8, 4) is 17.2 Å². The molecule has 0 spiro atoms. The molecule has 1 N–H and O–H groups in total. The first kappa shape index (κ1) is 12.0. The molecule has 4 nitrogen and oxygen atoms in total. The number of aryl methyl sites for hydroxylation is 1. The number of nitriles is 1. The highest BCUT2D eigenvalue weighted by Crippen LogP contribution is 2.28. The minimum Gasteiger partial charge on any atom is -0.477 e. The quantitative estimate of drug-likeness (QED) is 0.792. The van der Waals surface area contributed by atoms with E-state index in [4.69, 9.17) is 13.1 Å². The van der Waals surface area contributed by atoms with Gasteiger partial charge in [0, 0.05) is 18.8 Å². The van der Waals surface area contributed by atoms with Crippen molar-refractivity contribution < 1.29 is 9.90 Å². The summed E-state index contributed by atoms with van der Waals surface area (Å²) >= 11 is 0. The summed E-state index contributed by atoms with van der Waals surface area (Å²) in [5, 5.41) is 18.3. The van der Waals surface area contributed by atoms with Gasteiger partial charge >= 0.3 is 5.97 Å². The van der Waals surface area contributed by atoms with E-state index in [0.29, 0.717) is 22.2 Å². The van der Waals surface area contributed by atoms with Crippen LogP contribution in [-0.4, -0.2) is 23.5 Å². The number of benzene rings is 1. The average Bonchev–Trinajstić information content (AvgIpc) is 2.67. The minimum atomic E-state index is -1.06. The third kappa shape index (κ3) is 1.89. The summed E-state index contributed by atoms with van der Waals surface area (Å²) in [7, 11) is 7.19. The molecular formula is C13H9BN2O2. The van der Waals surface area contributed by atoms with Crippen molar-refractivity contribution in [1.82, 2.24) is 4.57 Å². The molecule has 0 bridgehead atoms. The second-order valence-electron chi connectivity index (χ2n) is 3.92. The molecule has 1 heterocycles. The van der Waals surface area contributed by atoms with Gasteiger partial charge in [0.2, 0.25) is 0 Å². The van der Waals surface area contributed by atoms with E-state index in [1.54, 1.807) is 31.3 Å². The number of carbonyl (C=O) groups is 1. The number of aromatic nitrogens is 1. The topological polar surface area (TPSA) is 66.0 Å². The Bertz CT molecular complexity index is 651. The first-order valence-corrected chi connectivity index (χ1v) is 5.23. The van der Waals surface area contributed by atoms with Crippen molar-refractivity contribution in [2.24, 2.45) is 7.05 Å². The third-order valence-electron chi connectivity index (χ3n) is 2.70. The van der Waals surface area contributed by atoms with Crippen LogP contribution in [0.1, 0.15) is 16.1 Å². The van der Waals surface area contributed by atoms with Crippen molar-refractivity contribution in [2.45, 2.75) is 0 Å². The number of carboxylic acid groups (broad SMARTS) is 1. The molecule has 2 radical (unpaired) electrons. The molecule has 0 atom stereocenters. The number of carboxylic acids is 1. The lowest BCUT2D eigenvalue weighted by Crippen LogP contribution is -2.06. The molecule has 0 unspecified atom stereocenters. The second kappa shape index (κ2) is 4.42. The van der Waals surface area contributed by atoms with Crippen LogP contribution in [0.5, 0.6) is 0 Å². The molecule has 0 aliphatic carbocycles. The summed E-state index contributed by atoms with van der Waals surface area (Å²) < 4.78 is 1.44. The van der Waals surface area contributed by atoms with Crippen molar-refractivity contribution in [1.29, 1.82) is 5.26 Å². The third-order valence-corrected chi connectivity index (χ3v) is 2.70. The van der Waals surface area contributed by atoms with Crippen molar-refractivity contribution in [2.75, 3.05) is 0 Å². The van der Waals surface area contributed by atoms with Crippen LogP contribution in [0.4, 0.5) is 0 Å². The number of rotatable bonds is 2. The van der Waals surface area contributed by atoms with Crippen LogP contribution < -0.4 is 5.46 Å². The predicted molar refractivity (Wildman–Crippen MR) is 67.9 cm³/mol. The van der Waals surface area contributed by atoms with Crippen LogP contribution in [0, 0.1) is 11.3 Å². The highest BCUT2D eigenvalue weighted by molar-refractivity contribution is 6.32. The Hall–Kier alpha value is -2.48. The van der Waals surface area contributed by atoms with Crippen LogP contribution in [0.3, 0.4) is 0 Å². The Morgan fingerprint density at radius 3 is 2.50 bits per heavy atom. The summed E-state index contributed by atoms with van der Waals surface area (Å²) in [5.41, 5.74) is 2.10. The summed E-state index contributed by atoms with van der Waals surface area (Å²) in [5.74, 6) is -1.06. The highest BCUT2D eigenvalue weighted by atomic mass is 16.4. The van der Waals surface area contributed by atoms with Gasteiger partial charge in [0.05, 0.1) is 5.56 Å². The minimum absolute atomic E-state index is 0.0938. The molecule has 0 saturated carbocycles. The maximum absolute atomic E-state index is 11.3. The molecule has 0 aliphatic heterocycles. The van der Waals surface area contributed by atoms with Crippen molar-refractivity contribution in [3.05, 3.63) is 41.7 Å². The molecule has 2 rings (SSSR count). The predicted octanol–water partition coefficient (Wildman–Crippen LogP) is 1.06. The maximum atomic E-state index is 11.3. The zero-order valence-corrected chi connectivity index (χ0v) is 9.71. The van der Waals surface area contributed by atoms with Gasteiger partial charge in [0.1, 0.15) is 19.6 Å². The monoisotopic (exact) mass is 236 g/mol. The van der Waals surface area contributed by atoms with E-state index in [-0.39, 0.29) is 5.69 Å². The van der Waals surface area contributed by atoms with Crippen LogP contribution in [0.25, 0.3) is 11.1 Å². The van der Waals surface area contributed by atoms with Gasteiger partial charge in [-0.1, -0.05) is 29.7 Å². The van der Waals surface area contributed by atoms with E-state index in [1.165, 1.54) is 10.8 Å². The lowest BCUT2D eigenvalue weighted by Gasteiger charge is -2.04. The van der Waals surface area contributed by atoms with E-state index in [1.807, 2.05) is 6.07 Å². The normalized spacial score (nSPS) is 10.0. The molecule has 0 fully saturated rings. The Morgan fingerprint density at radius 2 is 2.00 bits per heavy atom. The molecular weight excluding hydrogens is 227 g/mol. The lowest BCUT2D eigenvalue weighted by atomic mass is 9.93. The van der Waals surface area contributed by atoms with E-state index < -0.39 is 5.97 Å². The highest BCUT2D eigenvalue weighted by Gasteiger charge is 2.20. The molecule has 0 aliphatic rings. The summed E-state index contributed by atoms with van der Waals surface area (Å²) in [6.45, 7) is 0. The Labute approximate surface area is 106 Å². The van der Waals surface area contributed by atoms with Gasteiger partial charge in [0.15, 0.2) is 0 Å². The van der Waals surface area contributed by atoms with Crippen LogP contribution in [-0.2, 0) is 7.05 Å².